The van der Waals surface area contributed by atoms with Crippen molar-refractivity contribution in [2.24, 2.45) is 4.99 Å². The Labute approximate surface area is 193 Å². The number of halogens is 1. The predicted octanol–water partition coefficient (Wildman–Crippen LogP) is 1.11. The van der Waals surface area contributed by atoms with E-state index in [2.05, 4.69) is 31.8 Å². The van der Waals surface area contributed by atoms with Gasteiger partial charge < -0.3 is 20.3 Å². The van der Waals surface area contributed by atoms with Gasteiger partial charge in [-0.1, -0.05) is 18.2 Å². The number of ether oxygens (including phenoxy) is 1. The number of guanidine groups is 1. The molecule has 9 nitrogen and oxygen atoms in total. The first-order chi connectivity index (χ1) is 14.2. The molecule has 0 saturated heterocycles. The molecule has 1 aromatic carbocycles. The third kappa shape index (κ3) is 4.91. The summed E-state index contributed by atoms with van der Waals surface area (Å²) >= 11 is 0. The highest BCUT2D eigenvalue weighted by molar-refractivity contribution is 14.0. The lowest BCUT2D eigenvalue weighted by Crippen LogP contribution is -2.49. The molecule has 1 amide bonds. The molecule has 2 aliphatic heterocycles. The Morgan fingerprint density at radius 2 is 2.17 bits per heavy atom. The van der Waals surface area contributed by atoms with Gasteiger partial charge in [-0.3, -0.25) is 9.79 Å². The fourth-order valence-electron chi connectivity index (χ4n) is 3.91. The highest BCUT2D eigenvalue weighted by Crippen LogP contribution is 2.27. The van der Waals surface area contributed by atoms with E-state index < -0.39 is 0 Å². The fourth-order valence-corrected chi connectivity index (χ4v) is 3.91. The fraction of sp³-hybridized carbons (Fsp3) is 0.500. The summed E-state index contributed by atoms with van der Waals surface area (Å²) in [6.07, 6.45) is 2.68. The van der Waals surface area contributed by atoms with Gasteiger partial charge in [-0.2, -0.15) is 5.10 Å². The summed E-state index contributed by atoms with van der Waals surface area (Å²) in [6, 6.07) is 8.24. The van der Waals surface area contributed by atoms with E-state index in [-0.39, 0.29) is 42.5 Å². The summed E-state index contributed by atoms with van der Waals surface area (Å²) in [6.45, 7) is 2.06. The number of methoxy groups -OCH3 is 1. The Bertz CT molecular complexity index is 914. The molecule has 30 heavy (non-hydrogen) atoms. The van der Waals surface area contributed by atoms with Crippen LogP contribution in [0.3, 0.4) is 0 Å². The first-order valence-corrected chi connectivity index (χ1v) is 9.95. The zero-order chi connectivity index (χ0) is 20.2. The first-order valence-electron chi connectivity index (χ1n) is 9.95. The van der Waals surface area contributed by atoms with Crippen LogP contribution in [0.1, 0.15) is 23.6 Å². The quantitative estimate of drug-likeness (QED) is 0.345. The second kappa shape index (κ2) is 10.2. The number of nitrogens with one attached hydrogen (secondary N) is 2. The second-order valence-electron chi connectivity index (χ2n) is 7.29. The van der Waals surface area contributed by atoms with Crippen molar-refractivity contribution in [2.45, 2.75) is 38.5 Å². The van der Waals surface area contributed by atoms with E-state index in [1.807, 2.05) is 27.8 Å². The van der Waals surface area contributed by atoms with Gasteiger partial charge >= 0.3 is 0 Å². The van der Waals surface area contributed by atoms with Crippen molar-refractivity contribution in [1.29, 1.82) is 0 Å². The van der Waals surface area contributed by atoms with Crippen LogP contribution < -0.4 is 15.5 Å². The number of fused-ring (bicyclic) bond motifs is 2. The standard InChI is InChI=1S/C20H27N7O2.HI/c1-21-20(22-11-19(28)26-10-9-14-5-3-4-6-16(14)26)23-15-7-8-18-24-17(13-29-2)25-27(18)12-15;/h3-6,15H,7-13H2,1-2H3,(H2,21,22,23);1H. The molecule has 1 aromatic heterocycles. The van der Waals surface area contributed by atoms with Crippen molar-refractivity contribution in [3.8, 4) is 0 Å². The number of para-hydroxylation sites is 1. The number of nitrogens with zero attached hydrogens (tertiary/aromatic N) is 5. The molecule has 0 aliphatic carbocycles. The second-order valence-corrected chi connectivity index (χ2v) is 7.29. The lowest BCUT2D eigenvalue weighted by Gasteiger charge is -2.25. The van der Waals surface area contributed by atoms with Crippen LogP contribution in [0.4, 0.5) is 5.69 Å². The molecule has 2 aliphatic rings. The molecule has 2 aromatic rings. The normalized spacial score (nSPS) is 17.7. The van der Waals surface area contributed by atoms with Crippen molar-refractivity contribution in [3.63, 3.8) is 0 Å². The molecule has 0 saturated carbocycles. The Kier molecular flexibility index (Phi) is 7.64. The minimum Gasteiger partial charge on any atom is -0.377 e. The smallest absolute Gasteiger partial charge is 0.246 e. The summed E-state index contributed by atoms with van der Waals surface area (Å²) in [5, 5.41) is 11.0. The number of anilines is 1. The van der Waals surface area contributed by atoms with Crippen LogP contribution in [0, 0.1) is 0 Å². The molecule has 3 heterocycles. The summed E-state index contributed by atoms with van der Waals surface area (Å²) < 4.78 is 7.04. The largest absolute Gasteiger partial charge is 0.377 e. The van der Waals surface area contributed by atoms with Crippen molar-refractivity contribution < 1.29 is 9.53 Å². The van der Waals surface area contributed by atoms with Gasteiger partial charge in [-0.15, -0.1) is 24.0 Å². The number of benzene rings is 1. The number of aryl methyl sites for hydroxylation is 1. The maximum absolute atomic E-state index is 12.7. The lowest BCUT2D eigenvalue weighted by molar-refractivity contribution is -0.117. The maximum Gasteiger partial charge on any atom is 0.246 e. The van der Waals surface area contributed by atoms with Gasteiger partial charge in [0.1, 0.15) is 12.4 Å². The summed E-state index contributed by atoms with van der Waals surface area (Å²) in [5.41, 5.74) is 2.24. The number of carbonyl (C=O) groups excluding carboxylic acids is 1. The number of hydrogen-bond donors (Lipinski definition) is 2. The first kappa shape index (κ1) is 22.5. The van der Waals surface area contributed by atoms with Crippen LogP contribution >= 0.6 is 24.0 Å². The van der Waals surface area contributed by atoms with E-state index >= 15 is 0 Å². The molecule has 162 valence electrons. The SMILES string of the molecule is CN=C(NCC(=O)N1CCc2ccccc21)NC1CCc2nc(COC)nn2C1.I. The Hall–Kier alpha value is -2.21. The number of carbonyl (C=O) groups is 1. The van der Waals surface area contributed by atoms with Crippen LogP contribution in [0.15, 0.2) is 29.3 Å². The van der Waals surface area contributed by atoms with Crippen molar-refractivity contribution in [1.82, 2.24) is 25.4 Å². The van der Waals surface area contributed by atoms with Crippen LogP contribution in [-0.2, 0) is 35.5 Å². The Balaban J connectivity index is 0.00000256. The lowest BCUT2D eigenvalue weighted by atomic mass is 10.1. The van der Waals surface area contributed by atoms with Gasteiger partial charge in [0.15, 0.2) is 11.8 Å². The molecule has 2 N–H and O–H groups in total. The molecular weight excluding hydrogens is 497 g/mol. The number of rotatable bonds is 5. The monoisotopic (exact) mass is 525 g/mol. The summed E-state index contributed by atoms with van der Waals surface area (Å²) in [4.78, 5) is 23.3. The number of amides is 1. The third-order valence-electron chi connectivity index (χ3n) is 5.34. The van der Waals surface area contributed by atoms with E-state index in [1.54, 1.807) is 14.2 Å². The Morgan fingerprint density at radius 3 is 2.97 bits per heavy atom. The van der Waals surface area contributed by atoms with E-state index in [0.717, 1.165) is 37.3 Å². The molecule has 0 spiro atoms. The molecule has 1 unspecified atom stereocenters. The minimum atomic E-state index is 0. The maximum atomic E-state index is 12.7. The van der Waals surface area contributed by atoms with Gasteiger partial charge in [0.05, 0.1) is 13.1 Å². The Morgan fingerprint density at radius 1 is 1.33 bits per heavy atom. The van der Waals surface area contributed by atoms with Crippen molar-refractivity contribution in [2.75, 3.05) is 32.1 Å². The minimum absolute atomic E-state index is 0. The zero-order valence-corrected chi connectivity index (χ0v) is 19.6. The van der Waals surface area contributed by atoms with Crippen LogP contribution in [0.2, 0.25) is 0 Å². The predicted molar refractivity (Wildman–Crippen MR) is 125 cm³/mol. The number of hydrogen-bond acceptors (Lipinski definition) is 5. The van der Waals surface area contributed by atoms with Crippen LogP contribution in [0.25, 0.3) is 0 Å². The molecule has 0 bridgehead atoms. The van der Waals surface area contributed by atoms with Gasteiger partial charge in [-0.05, 0) is 24.5 Å². The molecule has 1 atom stereocenters. The van der Waals surface area contributed by atoms with Crippen molar-refractivity contribution >= 4 is 41.5 Å². The highest BCUT2D eigenvalue weighted by atomic mass is 127. The molecule has 10 heteroatoms. The van der Waals surface area contributed by atoms with Crippen LogP contribution in [0.5, 0.6) is 0 Å². The highest BCUT2D eigenvalue weighted by Gasteiger charge is 2.25. The zero-order valence-electron chi connectivity index (χ0n) is 17.3. The molecule has 0 fully saturated rings. The van der Waals surface area contributed by atoms with Crippen LogP contribution in [-0.4, -0.2) is 59.9 Å². The number of aliphatic imine (C=N–C) groups is 1. The van der Waals surface area contributed by atoms with E-state index in [4.69, 9.17) is 4.74 Å². The average molecular weight is 525 g/mol. The van der Waals surface area contributed by atoms with Gasteiger partial charge in [0.2, 0.25) is 5.91 Å². The van der Waals surface area contributed by atoms with Crippen molar-refractivity contribution in [3.05, 3.63) is 41.5 Å². The summed E-state index contributed by atoms with van der Waals surface area (Å²) in [5.74, 6) is 2.36. The molecular formula is C20H28IN7O2. The van der Waals surface area contributed by atoms with E-state index in [9.17, 15) is 4.79 Å². The number of aromatic nitrogens is 3. The topological polar surface area (TPSA) is 96.7 Å². The third-order valence-corrected chi connectivity index (χ3v) is 5.34. The summed E-state index contributed by atoms with van der Waals surface area (Å²) in [7, 11) is 3.35. The van der Waals surface area contributed by atoms with Gasteiger partial charge in [-0.25, -0.2) is 9.67 Å². The molecule has 0 radical (unpaired) electrons. The van der Waals surface area contributed by atoms with Gasteiger partial charge in [0, 0.05) is 38.9 Å². The molecule has 4 rings (SSSR count). The average Bonchev–Trinajstić information content (AvgIpc) is 3.34. The van der Waals surface area contributed by atoms with E-state index in [0.29, 0.717) is 24.9 Å². The van der Waals surface area contributed by atoms with E-state index in [1.165, 1.54) is 5.56 Å². The van der Waals surface area contributed by atoms with Gasteiger partial charge in [0.25, 0.3) is 0 Å².